The van der Waals surface area contributed by atoms with E-state index in [1.54, 1.807) is 13.1 Å². The Hall–Kier alpha value is -1.86. The molecule has 0 bridgehead atoms. The van der Waals surface area contributed by atoms with Crippen molar-refractivity contribution in [3.63, 3.8) is 0 Å². The summed E-state index contributed by atoms with van der Waals surface area (Å²) in [6, 6.07) is 3.77. The molecule has 1 unspecified atom stereocenters. The Balaban J connectivity index is 2.03. The van der Waals surface area contributed by atoms with Crippen LogP contribution in [0.5, 0.6) is 0 Å². The van der Waals surface area contributed by atoms with Gasteiger partial charge in [-0.05, 0) is 17.7 Å². The first-order valence-corrected chi connectivity index (χ1v) is 7.20. The second-order valence-electron chi connectivity index (χ2n) is 4.68. The van der Waals surface area contributed by atoms with Gasteiger partial charge in [0.25, 0.3) is 0 Å². The number of hydrogen-bond donors (Lipinski definition) is 2. The van der Waals surface area contributed by atoms with Crippen LogP contribution in [0, 0.1) is 17.6 Å². The maximum atomic E-state index is 13.1. The molecule has 0 fully saturated rings. The number of nitrogens with one attached hydrogen (secondary N) is 1. The molecule has 2 aromatic rings. The van der Waals surface area contributed by atoms with Gasteiger partial charge in [-0.1, -0.05) is 13.0 Å². The molecule has 0 saturated heterocycles. The lowest BCUT2D eigenvalue weighted by molar-refractivity contribution is -0.119. The summed E-state index contributed by atoms with van der Waals surface area (Å²) in [6.07, 6.45) is 2.03. The molecular formula is C14H15F2N3OS. The fourth-order valence-corrected chi connectivity index (χ4v) is 2.48. The number of carbonyl (C=O) groups is 1. The van der Waals surface area contributed by atoms with E-state index in [4.69, 9.17) is 5.73 Å². The third-order valence-corrected chi connectivity index (χ3v) is 3.86. The molecule has 3 N–H and O–H groups in total. The number of aromatic nitrogens is 1. The van der Waals surface area contributed by atoms with Crippen LogP contribution >= 0.6 is 11.3 Å². The molecule has 0 aliphatic heterocycles. The quantitative estimate of drug-likeness (QED) is 0.891. The molecule has 4 nitrogen and oxygen atoms in total. The summed E-state index contributed by atoms with van der Waals surface area (Å²) < 4.78 is 26.0. The molecule has 0 saturated carbocycles. The molecule has 1 heterocycles. The molecule has 112 valence electrons. The minimum atomic E-state index is -0.873. The fraction of sp³-hybridized carbons (Fsp3) is 0.286. The molecule has 0 aliphatic rings. The summed E-state index contributed by atoms with van der Waals surface area (Å²) in [6.45, 7) is 1.99. The van der Waals surface area contributed by atoms with Gasteiger partial charge in [0.1, 0.15) is 0 Å². The van der Waals surface area contributed by atoms with Crippen LogP contribution < -0.4 is 11.1 Å². The van der Waals surface area contributed by atoms with Gasteiger partial charge in [0.2, 0.25) is 5.91 Å². The molecule has 1 atom stereocenters. The van der Waals surface area contributed by atoms with Crippen LogP contribution in [0.3, 0.4) is 0 Å². The molecule has 0 spiro atoms. The van der Waals surface area contributed by atoms with Gasteiger partial charge in [-0.2, -0.15) is 0 Å². The monoisotopic (exact) mass is 311 g/mol. The van der Waals surface area contributed by atoms with Crippen molar-refractivity contribution in [1.82, 2.24) is 4.98 Å². The molecule has 1 aromatic carbocycles. The molecule has 1 aromatic heterocycles. The fourth-order valence-electron chi connectivity index (χ4n) is 1.63. The normalized spacial score (nSPS) is 12.2. The van der Waals surface area contributed by atoms with Gasteiger partial charge in [0.05, 0.1) is 0 Å². The van der Waals surface area contributed by atoms with E-state index in [0.29, 0.717) is 17.1 Å². The highest BCUT2D eigenvalue weighted by atomic mass is 32.1. The Morgan fingerprint density at radius 3 is 2.86 bits per heavy atom. The van der Waals surface area contributed by atoms with Gasteiger partial charge >= 0.3 is 0 Å². The number of amides is 1. The third-order valence-electron chi connectivity index (χ3n) is 2.95. The Labute approximate surface area is 125 Å². The van der Waals surface area contributed by atoms with Crippen LogP contribution in [0.25, 0.3) is 0 Å². The van der Waals surface area contributed by atoms with Crippen molar-refractivity contribution in [3.8, 4) is 0 Å². The summed E-state index contributed by atoms with van der Waals surface area (Å²) in [7, 11) is 0. The van der Waals surface area contributed by atoms with Gasteiger partial charge in [-0.15, -0.1) is 11.3 Å². The van der Waals surface area contributed by atoms with E-state index in [1.165, 1.54) is 17.4 Å². The molecule has 0 aliphatic carbocycles. The second-order valence-corrected chi connectivity index (χ2v) is 5.80. The average molecular weight is 311 g/mol. The molecule has 21 heavy (non-hydrogen) atoms. The first-order valence-electron chi connectivity index (χ1n) is 6.39. The van der Waals surface area contributed by atoms with Crippen LogP contribution in [0.15, 0.2) is 24.4 Å². The zero-order valence-electron chi connectivity index (χ0n) is 11.4. The standard InChI is InChI=1S/C14H15F2N3OS/c1-8(6-17)13(20)19-14-18-7-10(21-14)4-9-2-3-11(15)12(16)5-9/h2-3,5,7-8H,4,6,17H2,1H3,(H,18,19,20). The minimum absolute atomic E-state index is 0.189. The SMILES string of the molecule is CC(CN)C(=O)Nc1ncc(Cc2ccc(F)c(F)c2)s1. The number of anilines is 1. The lowest BCUT2D eigenvalue weighted by atomic mass is 10.1. The van der Waals surface area contributed by atoms with Crippen molar-refractivity contribution in [1.29, 1.82) is 0 Å². The maximum Gasteiger partial charge on any atom is 0.230 e. The predicted molar refractivity (Wildman–Crippen MR) is 78.1 cm³/mol. The van der Waals surface area contributed by atoms with Crippen molar-refractivity contribution in [2.45, 2.75) is 13.3 Å². The number of rotatable bonds is 5. The van der Waals surface area contributed by atoms with E-state index >= 15 is 0 Å². The van der Waals surface area contributed by atoms with Crippen LogP contribution in [-0.2, 0) is 11.2 Å². The van der Waals surface area contributed by atoms with Gasteiger partial charge in [-0.3, -0.25) is 4.79 Å². The second kappa shape index (κ2) is 6.73. The summed E-state index contributed by atoms with van der Waals surface area (Å²) in [5.74, 6) is -2.22. The Morgan fingerprint density at radius 2 is 2.19 bits per heavy atom. The van der Waals surface area contributed by atoms with E-state index in [0.717, 1.165) is 17.0 Å². The zero-order valence-corrected chi connectivity index (χ0v) is 12.2. The molecule has 0 radical (unpaired) electrons. The topological polar surface area (TPSA) is 68.0 Å². The minimum Gasteiger partial charge on any atom is -0.330 e. The van der Waals surface area contributed by atoms with Crippen molar-refractivity contribution in [2.24, 2.45) is 11.7 Å². The lowest BCUT2D eigenvalue weighted by Crippen LogP contribution is -2.26. The first-order chi connectivity index (χ1) is 9.99. The van der Waals surface area contributed by atoms with Crippen LogP contribution in [-0.4, -0.2) is 17.4 Å². The highest BCUT2D eigenvalue weighted by molar-refractivity contribution is 7.15. The Morgan fingerprint density at radius 1 is 1.43 bits per heavy atom. The number of carbonyl (C=O) groups excluding carboxylic acids is 1. The number of thiazole rings is 1. The van der Waals surface area contributed by atoms with Crippen molar-refractivity contribution in [2.75, 3.05) is 11.9 Å². The number of halogens is 2. The number of nitrogens with zero attached hydrogens (tertiary/aromatic N) is 1. The van der Waals surface area contributed by atoms with Gasteiger partial charge in [0, 0.05) is 30.0 Å². The molecule has 1 amide bonds. The highest BCUT2D eigenvalue weighted by Gasteiger charge is 2.13. The largest absolute Gasteiger partial charge is 0.330 e. The van der Waals surface area contributed by atoms with E-state index in [1.807, 2.05) is 0 Å². The van der Waals surface area contributed by atoms with Gasteiger partial charge < -0.3 is 11.1 Å². The van der Waals surface area contributed by atoms with Gasteiger partial charge in [-0.25, -0.2) is 13.8 Å². The number of nitrogens with two attached hydrogens (primary N) is 1. The van der Waals surface area contributed by atoms with E-state index < -0.39 is 11.6 Å². The van der Waals surface area contributed by atoms with E-state index in [-0.39, 0.29) is 18.4 Å². The molecular weight excluding hydrogens is 296 g/mol. The summed E-state index contributed by atoms with van der Waals surface area (Å²) in [4.78, 5) is 16.6. The first kappa shape index (κ1) is 15.5. The molecule has 2 rings (SSSR count). The molecule has 7 heteroatoms. The van der Waals surface area contributed by atoms with Crippen molar-refractivity contribution >= 4 is 22.4 Å². The lowest BCUT2D eigenvalue weighted by Gasteiger charge is -2.06. The van der Waals surface area contributed by atoms with Crippen LogP contribution in [0.4, 0.5) is 13.9 Å². The number of benzene rings is 1. The van der Waals surface area contributed by atoms with Gasteiger partial charge in [0.15, 0.2) is 16.8 Å². The average Bonchev–Trinajstić information content (AvgIpc) is 2.89. The van der Waals surface area contributed by atoms with Crippen LogP contribution in [0.1, 0.15) is 17.4 Å². The van der Waals surface area contributed by atoms with Crippen molar-refractivity contribution in [3.05, 3.63) is 46.5 Å². The Kier molecular flexibility index (Phi) is 4.98. The summed E-state index contributed by atoms with van der Waals surface area (Å²) in [5, 5.41) is 3.14. The number of hydrogen-bond acceptors (Lipinski definition) is 4. The predicted octanol–water partition coefficient (Wildman–Crippen LogP) is 2.55. The maximum absolute atomic E-state index is 13.1. The summed E-state index contributed by atoms with van der Waals surface area (Å²) in [5.41, 5.74) is 6.06. The van der Waals surface area contributed by atoms with Crippen LogP contribution in [0.2, 0.25) is 0 Å². The zero-order chi connectivity index (χ0) is 15.4. The van der Waals surface area contributed by atoms with E-state index in [2.05, 4.69) is 10.3 Å². The Bertz CT molecular complexity index is 645. The highest BCUT2D eigenvalue weighted by Crippen LogP contribution is 2.22. The summed E-state index contributed by atoms with van der Waals surface area (Å²) >= 11 is 1.29. The smallest absolute Gasteiger partial charge is 0.230 e. The third kappa shape index (κ3) is 4.05. The van der Waals surface area contributed by atoms with E-state index in [9.17, 15) is 13.6 Å². The van der Waals surface area contributed by atoms with Crippen molar-refractivity contribution < 1.29 is 13.6 Å².